The van der Waals surface area contributed by atoms with Crippen molar-refractivity contribution in [2.75, 3.05) is 17.3 Å². The van der Waals surface area contributed by atoms with Crippen molar-refractivity contribution in [1.82, 2.24) is 0 Å². The van der Waals surface area contributed by atoms with Gasteiger partial charge in [-0.15, -0.1) is 0 Å². The molecular formula is C23H19N3OS. The average molecular weight is 385 g/mol. The van der Waals surface area contributed by atoms with Crippen LogP contribution in [0.2, 0.25) is 0 Å². The Hall–Kier alpha value is -3.49. The molecule has 3 aromatic rings. The maximum atomic E-state index is 12.7. The van der Waals surface area contributed by atoms with Gasteiger partial charge in [0.05, 0.1) is 5.69 Å². The summed E-state index contributed by atoms with van der Waals surface area (Å²) >= 11 is 1.56. The van der Waals surface area contributed by atoms with Gasteiger partial charge in [0.1, 0.15) is 11.6 Å². The van der Waals surface area contributed by atoms with Crippen LogP contribution >= 0.6 is 11.8 Å². The monoisotopic (exact) mass is 385 g/mol. The lowest BCUT2D eigenvalue weighted by Crippen LogP contribution is -2.18. The van der Waals surface area contributed by atoms with Gasteiger partial charge in [-0.05, 0) is 36.4 Å². The van der Waals surface area contributed by atoms with E-state index >= 15 is 0 Å². The van der Waals surface area contributed by atoms with Crippen LogP contribution in [0.25, 0.3) is 0 Å². The Labute approximate surface area is 169 Å². The third kappa shape index (κ3) is 5.03. The first-order valence-corrected chi connectivity index (χ1v) is 9.52. The van der Waals surface area contributed by atoms with E-state index in [4.69, 9.17) is 0 Å². The second-order valence-corrected chi connectivity index (χ2v) is 7.08. The van der Waals surface area contributed by atoms with E-state index < -0.39 is 5.91 Å². The smallest absolute Gasteiger partial charge is 0.267 e. The standard InChI is InChI=1S/C23H19N3OS/c1-26(19-10-4-2-5-11-19)17-18(16-24)23(27)25-21-14-8-9-15-22(21)28-20-12-6-3-7-13-20/h2-15,17H,1H3,(H,25,27)/b18-17-. The highest BCUT2D eigenvalue weighted by molar-refractivity contribution is 7.99. The lowest BCUT2D eigenvalue weighted by Gasteiger charge is -2.15. The molecule has 0 atom stereocenters. The lowest BCUT2D eigenvalue weighted by molar-refractivity contribution is -0.112. The normalized spacial score (nSPS) is 10.8. The molecular weight excluding hydrogens is 366 g/mol. The van der Waals surface area contributed by atoms with Gasteiger partial charge in [-0.2, -0.15) is 5.26 Å². The number of carbonyl (C=O) groups excluding carboxylic acids is 1. The van der Waals surface area contributed by atoms with Gasteiger partial charge in [-0.3, -0.25) is 4.79 Å². The molecule has 0 unspecified atom stereocenters. The molecule has 3 aromatic carbocycles. The number of nitriles is 1. The number of amides is 1. The Bertz CT molecular complexity index is 1010. The molecule has 1 N–H and O–H groups in total. The van der Waals surface area contributed by atoms with E-state index in [-0.39, 0.29) is 5.57 Å². The fourth-order valence-corrected chi connectivity index (χ4v) is 3.46. The van der Waals surface area contributed by atoms with E-state index in [0.717, 1.165) is 15.5 Å². The van der Waals surface area contributed by atoms with Gasteiger partial charge < -0.3 is 10.2 Å². The van der Waals surface area contributed by atoms with Gasteiger partial charge in [-0.1, -0.05) is 60.3 Å². The van der Waals surface area contributed by atoms with E-state index in [0.29, 0.717) is 5.69 Å². The summed E-state index contributed by atoms with van der Waals surface area (Å²) in [5, 5.41) is 12.3. The van der Waals surface area contributed by atoms with Crippen LogP contribution in [-0.2, 0) is 4.79 Å². The van der Waals surface area contributed by atoms with Gasteiger partial charge in [0.2, 0.25) is 0 Å². The predicted molar refractivity (Wildman–Crippen MR) is 114 cm³/mol. The molecule has 0 aliphatic rings. The van der Waals surface area contributed by atoms with Crippen molar-refractivity contribution in [3.63, 3.8) is 0 Å². The predicted octanol–water partition coefficient (Wildman–Crippen LogP) is 5.32. The molecule has 3 rings (SSSR count). The highest BCUT2D eigenvalue weighted by atomic mass is 32.2. The van der Waals surface area contributed by atoms with Crippen LogP contribution < -0.4 is 10.2 Å². The zero-order valence-corrected chi connectivity index (χ0v) is 16.2. The maximum absolute atomic E-state index is 12.7. The van der Waals surface area contributed by atoms with Crippen LogP contribution in [0.3, 0.4) is 0 Å². The second kappa shape index (κ2) is 9.45. The summed E-state index contributed by atoms with van der Waals surface area (Å²) in [7, 11) is 1.80. The van der Waals surface area contributed by atoms with Crippen LogP contribution in [0.15, 0.2) is 106 Å². The van der Waals surface area contributed by atoms with Gasteiger partial charge in [0, 0.05) is 28.7 Å². The number of hydrogen-bond donors (Lipinski definition) is 1. The first-order valence-electron chi connectivity index (χ1n) is 8.70. The largest absolute Gasteiger partial charge is 0.350 e. The van der Waals surface area contributed by atoms with Gasteiger partial charge in [0.25, 0.3) is 5.91 Å². The minimum absolute atomic E-state index is 0.0332. The average Bonchev–Trinajstić information content (AvgIpc) is 2.74. The van der Waals surface area contributed by atoms with E-state index in [1.807, 2.05) is 91.0 Å². The molecule has 1 amide bonds. The minimum atomic E-state index is -0.439. The molecule has 5 heteroatoms. The number of carbonyl (C=O) groups is 1. The maximum Gasteiger partial charge on any atom is 0.267 e. The molecule has 0 bridgehead atoms. The van der Waals surface area contributed by atoms with E-state index in [1.54, 1.807) is 23.7 Å². The first kappa shape index (κ1) is 19.3. The number of anilines is 2. The first-order chi connectivity index (χ1) is 13.7. The van der Waals surface area contributed by atoms with Crippen molar-refractivity contribution in [2.24, 2.45) is 0 Å². The molecule has 0 aromatic heterocycles. The Morgan fingerprint density at radius 3 is 2.25 bits per heavy atom. The molecule has 138 valence electrons. The number of nitrogens with zero attached hydrogens (tertiary/aromatic N) is 2. The van der Waals surface area contributed by atoms with Crippen molar-refractivity contribution in [3.05, 3.63) is 96.7 Å². The number of rotatable bonds is 6. The molecule has 0 spiro atoms. The zero-order chi connectivity index (χ0) is 19.8. The quantitative estimate of drug-likeness (QED) is 0.461. The van der Waals surface area contributed by atoms with Crippen molar-refractivity contribution >= 4 is 29.0 Å². The van der Waals surface area contributed by atoms with E-state index in [1.165, 1.54) is 6.20 Å². The molecule has 28 heavy (non-hydrogen) atoms. The van der Waals surface area contributed by atoms with Crippen LogP contribution in [0.1, 0.15) is 0 Å². The summed E-state index contributed by atoms with van der Waals surface area (Å²) < 4.78 is 0. The Morgan fingerprint density at radius 2 is 1.57 bits per heavy atom. The van der Waals surface area contributed by atoms with E-state index in [9.17, 15) is 10.1 Å². The Morgan fingerprint density at radius 1 is 0.964 bits per heavy atom. The fourth-order valence-electron chi connectivity index (χ4n) is 2.53. The molecule has 0 fully saturated rings. The van der Waals surface area contributed by atoms with E-state index in [2.05, 4.69) is 5.32 Å². The summed E-state index contributed by atoms with van der Waals surface area (Å²) in [4.78, 5) is 16.4. The van der Waals surface area contributed by atoms with Crippen molar-refractivity contribution < 1.29 is 4.79 Å². The molecule has 0 radical (unpaired) electrons. The number of nitrogens with one attached hydrogen (secondary N) is 1. The Balaban J connectivity index is 1.78. The SMILES string of the molecule is CN(/C=C(/C#N)C(=O)Nc1ccccc1Sc1ccccc1)c1ccccc1. The van der Waals surface area contributed by atoms with Crippen molar-refractivity contribution in [2.45, 2.75) is 9.79 Å². The number of para-hydroxylation sites is 2. The highest BCUT2D eigenvalue weighted by Crippen LogP contribution is 2.33. The molecule has 0 heterocycles. The lowest BCUT2D eigenvalue weighted by atomic mass is 10.2. The molecule has 0 aliphatic carbocycles. The van der Waals surface area contributed by atoms with Crippen LogP contribution in [0.4, 0.5) is 11.4 Å². The highest BCUT2D eigenvalue weighted by Gasteiger charge is 2.13. The zero-order valence-electron chi connectivity index (χ0n) is 15.4. The summed E-state index contributed by atoms with van der Waals surface area (Å²) in [5.74, 6) is -0.439. The van der Waals surface area contributed by atoms with Crippen LogP contribution in [0.5, 0.6) is 0 Å². The fraction of sp³-hybridized carbons (Fsp3) is 0.0435. The van der Waals surface area contributed by atoms with Gasteiger partial charge in [-0.25, -0.2) is 0 Å². The molecule has 4 nitrogen and oxygen atoms in total. The van der Waals surface area contributed by atoms with Gasteiger partial charge in [0.15, 0.2) is 0 Å². The van der Waals surface area contributed by atoms with Crippen molar-refractivity contribution in [3.8, 4) is 6.07 Å². The van der Waals surface area contributed by atoms with Crippen molar-refractivity contribution in [1.29, 1.82) is 5.26 Å². The minimum Gasteiger partial charge on any atom is -0.350 e. The van der Waals surface area contributed by atoms with Crippen LogP contribution in [0, 0.1) is 11.3 Å². The number of hydrogen-bond acceptors (Lipinski definition) is 4. The summed E-state index contributed by atoms with van der Waals surface area (Å²) in [6.45, 7) is 0. The Kier molecular flexibility index (Phi) is 6.50. The molecule has 0 aliphatic heterocycles. The summed E-state index contributed by atoms with van der Waals surface area (Å²) in [6, 6.07) is 29.0. The summed E-state index contributed by atoms with van der Waals surface area (Å²) in [6.07, 6.45) is 1.54. The third-order valence-corrected chi connectivity index (χ3v) is 5.04. The van der Waals surface area contributed by atoms with Gasteiger partial charge >= 0.3 is 0 Å². The van der Waals surface area contributed by atoms with Crippen LogP contribution in [-0.4, -0.2) is 13.0 Å². The second-order valence-electron chi connectivity index (χ2n) is 5.97. The third-order valence-electron chi connectivity index (χ3n) is 3.96. The number of benzene rings is 3. The molecule has 0 saturated carbocycles. The molecule has 0 saturated heterocycles. The summed E-state index contributed by atoms with van der Waals surface area (Å²) in [5.41, 5.74) is 1.60. The topological polar surface area (TPSA) is 56.1 Å².